The van der Waals surface area contributed by atoms with Crippen LogP contribution in [0.1, 0.15) is 24.4 Å². The number of benzene rings is 1. The van der Waals surface area contributed by atoms with E-state index in [0.717, 1.165) is 37.2 Å². The van der Waals surface area contributed by atoms with E-state index in [1.807, 2.05) is 16.9 Å². The molecule has 0 radical (unpaired) electrons. The van der Waals surface area contributed by atoms with E-state index in [1.54, 1.807) is 12.3 Å². The summed E-state index contributed by atoms with van der Waals surface area (Å²) in [7, 11) is 0. The van der Waals surface area contributed by atoms with Gasteiger partial charge in [0.05, 0.1) is 12.2 Å². The molecule has 2 aromatic rings. The number of nitrogens with zero attached hydrogens (tertiary/aromatic N) is 2. The van der Waals surface area contributed by atoms with Gasteiger partial charge in [-0.25, -0.2) is 4.39 Å². The largest absolute Gasteiger partial charge is 0.396 e. The summed E-state index contributed by atoms with van der Waals surface area (Å²) in [4.78, 5) is 0. The average molecular weight is 290 g/mol. The summed E-state index contributed by atoms with van der Waals surface area (Å²) >= 11 is 0. The second kappa shape index (κ2) is 6.37. The number of hydrogen-bond acceptors (Lipinski definition) is 3. The highest BCUT2D eigenvalue weighted by Crippen LogP contribution is 2.25. The zero-order valence-corrected chi connectivity index (χ0v) is 11.8. The third-order valence-electron chi connectivity index (χ3n) is 3.93. The molecule has 1 aliphatic rings. The van der Waals surface area contributed by atoms with Gasteiger partial charge in [0.1, 0.15) is 5.82 Å². The van der Waals surface area contributed by atoms with E-state index in [2.05, 4.69) is 5.10 Å². The fourth-order valence-electron chi connectivity index (χ4n) is 2.69. The van der Waals surface area contributed by atoms with Gasteiger partial charge in [0.2, 0.25) is 0 Å². The number of aliphatic hydroxyl groups excluding tert-OH is 1. The zero-order valence-electron chi connectivity index (χ0n) is 11.8. The quantitative estimate of drug-likeness (QED) is 0.941. The van der Waals surface area contributed by atoms with Gasteiger partial charge in [-0.1, -0.05) is 12.1 Å². The monoisotopic (exact) mass is 290 g/mol. The molecule has 0 aliphatic carbocycles. The Balaban J connectivity index is 1.80. The molecule has 3 rings (SSSR count). The maximum absolute atomic E-state index is 13.9. The first-order valence-corrected chi connectivity index (χ1v) is 7.29. The summed E-state index contributed by atoms with van der Waals surface area (Å²) in [5.41, 5.74) is 2.27. The minimum atomic E-state index is -0.277. The van der Waals surface area contributed by atoms with E-state index >= 15 is 0 Å². The third-order valence-corrected chi connectivity index (χ3v) is 3.93. The van der Waals surface area contributed by atoms with Crippen molar-refractivity contribution in [1.82, 2.24) is 9.78 Å². The van der Waals surface area contributed by atoms with Crippen molar-refractivity contribution in [2.24, 2.45) is 0 Å². The molecule has 0 amide bonds. The van der Waals surface area contributed by atoms with Crippen LogP contribution in [0, 0.1) is 5.82 Å². The van der Waals surface area contributed by atoms with E-state index in [4.69, 9.17) is 9.84 Å². The van der Waals surface area contributed by atoms with E-state index in [9.17, 15) is 4.39 Å². The van der Waals surface area contributed by atoms with Gasteiger partial charge in [-0.05, 0) is 36.5 Å². The molecule has 1 aromatic carbocycles. The topological polar surface area (TPSA) is 47.3 Å². The minimum absolute atomic E-state index is 0.0437. The van der Waals surface area contributed by atoms with Crippen LogP contribution < -0.4 is 0 Å². The lowest BCUT2D eigenvalue weighted by atomic mass is 10.0. The average Bonchev–Trinajstić information content (AvgIpc) is 3.00. The number of ether oxygens (including phenoxy) is 1. The molecule has 0 spiro atoms. The number of aliphatic hydroxyl groups is 1. The Morgan fingerprint density at radius 2 is 2.10 bits per heavy atom. The number of rotatable bonds is 4. The summed E-state index contributed by atoms with van der Waals surface area (Å²) in [6.45, 7) is 1.49. The van der Waals surface area contributed by atoms with Crippen LogP contribution in [0.15, 0.2) is 30.6 Å². The molecule has 0 unspecified atom stereocenters. The Labute approximate surface area is 123 Å². The van der Waals surface area contributed by atoms with E-state index in [0.29, 0.717) is 18.0 Å². The lowest BCUT2D eigenvalue weighted by Crippen LogP contribution is -2.19. The number of halogens is 1. The van der Waals surface area contributed by atoms with Gasteiger partial charge in [-0.15, -0.1) is 0 Å². The first-order valence-electron chi connectivity index (χ1n) is 7.29. The van der Waals surface area contributed by atoms with Crippen molar-refractivity contribution in [3.63, 3.8) is 0 Å². The Hall–Kier alpha value is -1.72. The molecule has 2 heterocycles. The van der Waals surface area contributed by atoms with Gasteiger partial charge in [0, 0.05) is 31.6 Å². The maximum Gasteiger partial charge on any atom is 0.127 e. The smallest absolute Gasteiger partial charge is 0.127 e. The third kappa shape index (κ3) is 3.14. The zero-order chi connectivity index (χ0) is 14.7. The van der Waals surface area contributed by atoms with Crippen molar-refractivity contribution in [2.45, 2.75) is 25.3 Å². The normalized spacial score (nSPS) is 16.3. The van der Waals surface area contributed by atoms with Gasteiger partial charge in [-0.2, -0.15) is 5.10 Å². The van der Waals surface area contributed by atoms with Crippen molar-refractivity contribution < 1.29 is 14.2 Å². The molecule has 112 valence electrons. The summed E-state index contributed by atoms with van der Waals surface area (Å²) in [5, 5.41) is 13.3. The summed E-state index contributed by atoms with van der Waals surface area (Å²) in [6.07, 6.45) is 6.01. The Morgan fingerprint density at radius 1 is 1.29 bits per heavy atom. The Morgan fingerprint density at radius 3 is 2.81 bits per heavy atom. The molecule has 1 aromatic heterocycles. The standard InChI is InChI=1S/C16H19FN2O2/c17-16-9-13(2-1-12(16)3-6-20)14-10-18-19(11-14)15-4-7-21-8-5-15/h1-2,9-11,15,20H,3-8H2. The van der Waals surface area contributed by atoms with Gasteiger partial charge in [0.25, 0.3) is 0 Å². The molecule has 1 fully saturated rings. The van der Waals surface area contributed by atoms with Gasteiger partial charge < -0.3 is 9.84 Å². The van der Waals surface area contributed by atoms with Crippen LogP contribution in [0.25, 0.3) is 11.1 Å². The lowest BCUT2D eigenvalue weighted by Gasteiger charge is -2.22. The van der Waals surface area contributed by atoms with Gasteiger partial charge in [-0.3, -0.25) is 4.68 Å². The first kappa shape index (κ1) is 14.2. The van der Waals surface area contributed by atoms with E-state index in [1.165, 1.54) is 6.07 Å². The second-order valence-electron chi connectivity index (χ2n) is 5.33. The van der Waals surface area contributed by atoms with Crippen molar-refractivity contribution in [1.29, 1.82) is 0 Å². The van der Waals surface area contributed by atoms with Gasteiger partial charge in [0.15, 0.2) is 0 Å². The summed E-state index contributed by atoms with van der Waals surface area (Å²) in [6, 6.07) is 5.48. The van der Waals surface area contributed by atoms with Crippen LogP contribution in [-0.2, 0) is 11.2 Å². The van der Waals surface area contributed by atoms with Crippen LogP contribution in [0.2, 0.25) is 0 Å². The highest BCUT2D eigenvalue weighted by atomic mass is 19.1. The van der Waals surface area contributed by atoms with Crippen LogP contribution in [0.3, 0.4) is 0 Å². The predicted octanol–water partition coefficient (Wildman–Crippen LogP) is 2.58. The SMILES string of the molecule is OCCc1ccc(-c2cnn(C3CCOCC3)c2)cc1F. The molecule has 4 nitrogen and oxygen atoms in total. The molecule has 21 heavy (non-hydrogen) atoms. The highest BCUT2D eigenvalue weighted by molar-refractivity contribution is 5.62. The van der Waals surface area contributed by atoms with E-state index in [-0.39, 0.29) is 12.4 Å². The lowest BCUT2D eigenvalue weighted by molar-refractivity contribution is 0.0662. The molecule has 1 N–H and O–H groups in total. The molecule has 1 saturated heterocycles. The molecular weight excluding hydrogens is 271 g/mol. The number of hydrogen-bond donors (Lipinski definition) is 1. The summed E-state index contributed by atoms with van der Waals surface area (Å²) < 4.78 is 21.2. The fourth-order valence-corrected chi connectivity index (χ4v) is 2.69. The summed E-state index contributed by atoms with van der Waals surface area (Å²) in [5.74, 6) is -0.277. The molecule has 1 aliphatic heterocycles. The van der Waals surface area contributed by atoms with Crippen LogP contribution in [0.4, 0.5) is 4.39 Å². The Bertz CT molecular complexity index is 606. The van der Waals surface area contributed by atoms with Crippen LogP contribution in [0.5, 0.6) is 0 Å². The number of aromatic nitrogens is 2. The minimum Gasteiger partial charge on any atom is -0.396 e. The van der Waals surface area contributed by atoms with Gasteiger partial charge >= 0.3 is 0 Å². The maximum atomic E-state index is 13.9. The second-order valence-corrected chi connectivity index (χ2v) is 5.33. The first-order chi connectivity index (χ1) is 10.3. The van der Waals surface area contributed by atoms with Crippen molar-refractivity contribution in [3.05, 3.63) is 42.0 Å². The molecule has 0 bridgehead atoms. The molecule has 0 saturated carbocycles. The van der Waals surface area contributed by atoms with Crippen molar-refractivity contribution in [2.75, 3.05) is 19.8 Å². The Kier molecular flexibility index (Phi) is 4.31. The molecule has 5 heteroatoms. The van der Waals surface area contributed by atoms with Crippen molar-refractivity contribution >= 4 is 0 Å². The molecule has 0 atom stereocenters. The predicted molar refractivity (Wildman–Crippen MR) is 77.5 cm³/mol. The van der Waals surface area contributed by atoms with Crippen LogP contribution in [-0.4, -0.2) is 34.7 Å². The van der Waals surface area contributed by atoms with E-state index < -0.39 is 0 Å². The highest BCUT2D eigenvalue weighted by Gasteiger charge is 2.17. The van der Waals surface area contributed by atoms with Crippen molar-refractivity contribution in [3.8, 4) is 11.1 Å². The van der Waals surface area contributed by atoms with Crippen LogP contribution >= 0.6 is 0 Å². The fraction of sp³-hybridized carbons (Fsp3) is 0.438. The molecular formula is C16H19FN2O2.